The van der Waals surface area contributed by atoms with Crippen LogP contribution in [0.5, 0.6) is 0 Å². The van der Waals surface area contributed by atoms with Gasteiger partial charge in [0.05, 0.1) is 10.7 Å². The molecule has 0 N–H and O–H groups in total. The van der Waals surface area contributed by atoms with Crippen LogP contribution in [0.15, 0.2) is 47.5 Å². The third kappa shape index (κ3) is 2.36. The van der Waals surface area contributed by atoms with Crippen LogP contribution in [0.1, 0.15) is 19.0 Å². The number of rotatable bonds is 3. The number of benzene rings is 1. The fourth-order valence-corrected chi connectivity index (χ4v) is 2.76. The molecule has 108 valence electrons. The van der Waals surface area contributed by atoms with Crippen LogP contribution in [0, 0.1) is 5.82 Å². The maximum Gasteiger partial charge on any atom is 0.281 e. The second-order valence-corrected chi connectivity index (χ2v) is 5.32. The van der Waals surface area contributed by atoms with E-state index in [2.05, 4.69) is 0 Å². The Morgan fingerprint density at radius 1 is 1.29 bits per heavy atom. The first kappa shape index (κ1) is 13.9. The van der Waals surface area contributed by atoms with Crippen LogP contribution in [0.3, 0.4) is 0 Å². The number of fused-ring (bicyclic) bond motifs is 1. The lowest BCUT2D eigenvalue weighted by atomic mass is 10.2. The summed E-state index contributed by atoms with van der Waals surface area (Å²) in [5.74, 6) is -0.372. The Bertz CT molecular complexity index is 866. The van der Waals surface area contributed by atoms with Gasteiger partial charge in [-0.15, -0.1) is 0 Å². The zero-order valence-electron chi connectivity index (χ0n) is 11.5. The van der Waals surface area contributed by atoms with Crippen LogP contribution in [0.2, 0.25) is 5.02 Å². The Morgan fingerprint density at radius 3 is 2.81 bits per heavy atom. The first-order valence-corrected chi connectivity index (χ1v) is 7.16. The van der Waals surface area contributed by atoms with Crippen molar-refractivity contribution in [1.29, 1.82) is 0 Å². The van der Waals surface area contributed by atoms with Gasteiger partial charge >= 0.3 is 0 Å². The summed E-state index contributed by atoms with van der Waals surface area (Å²) in [7, 11) is 0. The van der Waals surface area contributed by atoms with Gasteiger partial charge in [-0.3, -0.25) is 9.36 Å². The molecule has 0 atom stereocenters. The highest BCUT2D eigenvalue weighted by Crippen LogP contribution is 2.19. The molecule has 3 rings (SSSR count). The summed E-state index contributed by atoms with van der Waals surface area (Å²) in [6, 6.07) is 7.71. The molecule has 0 spiro atoms. The molecule has 3 aromatic rings. The summed E-state index contributed by atoms with van der Waals surface area (Å²) in [6.45, 7) is 2.03. The number of hydrogen-bond donors (Lipinski definition) is 0. The van der Waals surface area contributed by atoms with E-state index in [4.69, 9.17) is 11.6 Å². The van der Waals surface area contributed by atoms with Crippen molar-refractivity contribution in [3.8, 4) is 5.69 Å². The Kier molecular flexibility index (Phi) is 3.55. The van der Waals surface area contributed by atoms with Crippen LogP contribution in [0.4, 0.5) is 4.39 Å². The zero-order chi connectivity index (χ0) is 15.0. The van der Waals surface area contributed by atoms with Gasteiger partial charge < -0.3 is 4.40 Å². The average molecular weight is 305 g/mol. The molecule has 0 aliphatic heterocycles. The molecule has 5 heteroatoms. The SMILES string of the molecule is CCCc1cn2ccc(Cl)c2c(=O)n1-c1cccc(F)c1. The molecule has 0 radical (unpaired) electrons. The molecule has 21 heavy (non-hydrogen) atoms. The van der Waals surface area contributed by atoms with Crippen molar-refractivity contribution in [3.63, 3.8) is 0 Å². The quantitative estimate of drug-likeness (QED) is 0.722. The summed E-state index contributed by atoms with van der Waals surface area (Å²) in [4.78, 5) is 12.8. The van der Waals surface area contributed by atoms with E-state index in [0.717, 1.165) is 18.5 Å². The largest absolute Gasteiger partial charge is 0.316 e. The van der Waals surface area contributed by atoms with Crippen molar-refractivity contribution >= 4 is 17.1 Å². The third-order valence-corrected chi connectivity index (χ3v) is 3.72. The van der Waals surface area contributed by atoms with Gasteiger partial charge in [0.15, 0.2) is 0 Å². The highest BCUT2D eigenvalue weighted by molar-refractivity contribution is 6.33. The first-order valence-electron chi connectivity index (χ1n) is 6.79. The van der Waals surface area contributed by atoms with E-state index in [1.54, 1.807) is 28.8 Å². The Labute approximate surface area is 126 Å². The van der Waals surface area contributed by atoms with Crippen molar-refractivity contribution in [2.24, 2.45) is 0 Å². The minimum atomic E-state index is -0.372. The van der Waals surface area contributed by atoms with Crippen molar-refractivity contribution in [1.82, 2.24) is 8.97 Å². The van der Waals surface area contributed by atoms with Crippen LogP contribution in [0.25, 0.3) is 11.2 Å². The maximum atomic E-state index is 13.5. The van der Waals surface area contributed by atoms with Crippen LogP contribution in [-0.4, -0.2) is 8.97 Å². The molecule has 0 aliphatic rings. The highest BCUT2D eigenvalue weighted by Gasteiger charge is 2.13. The normalized spacial score (nSPS) is 11.2. The highest BCUT2D eigenvalue weighted by atomic mass is 35.5. The van der Waals surface area contributed by atoms with E-state index in [1.807, 2.05) is 13.1 Å². The molecular formula is C16H14ClFN2O. The van der Waals surface area contributed by atoms with Gasteiger partial charge in [-0.1, -0.05) is 31.0 Å². The van der Waals surface area contributed by atoms with Gasteiger partial charge in [-0.25, -0.2) is 4.39 Å². The molecule has 0 unspecified atom stereocenters. The third-order valence-electron chi connectivity index (χ3n) is 3.42. The van der Waals surface area contributed by atoms with E-state index in [-0.39, 0.29) is 11.4 Å². The summed E-state index contributed by atoms with van der Waals surface area (Å²) < 4.78 is 16.8. The van der Waals surface area contributed by atoms with Gasteiger partial charge in [0.1, 0.15) is 11.3 Å². The predicted octanol–water partition coefficient (Wildman–Crippen LogP) is 3.84. The fraction of sp³-hybridized carbons (Fsp3) is 0.188. The van der Waals surface area contributed by atoms with Crippen molar-refractivity contribution in [2.75, 3.05) is 0 Å². The standard InChI is InChI=1S/C16H14ClFN2O/c1-2-4-13-10-19-8-7-14(17)15(19)16(21)20(13)12-6-3-5-11(18)9-12/h3,5-10H,2,4H2,1H3. The van der Waals surface area contributed by atoms with Gasteiger partial charge in [-0.2, -0.15) is 0 Å². The Hall–Kier alpha value is -2.07. The molecule has 2 aromatic heterocycles. The summed E-state index contributed by atoms with van der Waals surface area (Å²) in [6.07, 6.45) is 5.23. The topological polar surface area (TPSA) is 26.4 Å². The van der Waals surface area contributed by atoms with Crippen molar-refractivity contribution < 1.29 is 4.39 Å². The minimum absolute atomic E-state index is 0.235. The van der Waals surface area contributed by atoms with E-state index in [1.165, 1.54) is 16.7 Å². The lowest BCUT2D eigenvalue weighted by Gasteiger charge is -2.14. The van der Waals surface area contributed by atoms with Crippen LogP contribution >= 0.6 is 11.6 Å². The number of nitrogens with zero attached hydrogens (tertiary/aromatic N) is 2. The second kappa shape index (κ2) is 5.37. The average Bonchev–Trinajstić information content (AvgIpc) is 2.81. The van der Waals surface area contributed by atoms with E-state index in [9.17, 15) is 9.18 Å². The lowest BCUT2D eigenvalue weighted by molar-refractivity contribution is 0.625. The molecule has 3 nitrogen and oxygen atoms in total. The number of halogens is 2. The number of aryl methyl sites for hydroxylation is 1. The first-order chi connectivity index (χ1) is 10.1. The monoisotopic (exact) mass is 304 g/mol. The van der Waals surface area contributed by atoms with Gasteiger partial charge in [-0.05, 0) is 30.7 Å². The van der Waals surface area contributed by atoms with Gasteiger partial charge in [0, 0.05) is 18.1 Å². The van der Waals surface area contributed by atoms with Crippen molar-refractivity contribution in [2.45, 2.75) is 19.8 Å². The number of aromatic nitrogens is 2. The van der Waals surface area contributed by atoms with E-state index >= 15 is 0 Å². The molecule has 0 saturated carbocycles. The summed E-state index contributed by atoms with van der Waals surface area (Å²) in [5.41, 5.74) is 1.51. The van der Waals surface area contributed by atoms with E-state index in [0.29, 0.717) is 16.2 Å². The smallest absolute Gasteiger partial charge is 0.281 e. The van der Waals surface area contributed by atoms with E-state index < -0.39 is 0 Å². The molecule has 0 amide bonds. The maximum absolute atomic E-state index is 13.5. The molecule has 0 saturated heterocycles. The minimum Gasteiger partial charge on any atom is -0.316 e. The van der Waals surface area contributed by atoms with Crippen molar-refractivity contribution in [3.05, 3.63) is 69.6 Å². The molecule has 0 aliphatic carbocycles. The number of hydrogen-bond acceptors (Lipinski definition) is 1. The van der Waals surface area contributed by atoms with Gasteiger partial charge in [0.2, 0.25) is 0 Å². The second-order valence-electron chi connectivity index (χ2n) is 4.91. The Balaban J connectivity index is 2.38. The molecule has 0 bridgehead atoms. The van der Waals surface area contributed by atoms with Crippen LogP contribution < -0.4 is 5.56 Å². The Morgan fingerprint density at radius 2 is 2.10 bits per heavy atom. The molecule has 2 heterocycles. The van der Waals surface area contributed by atoms with Crippen LogP contribution in [-0.2, 0) is 6.42 Å². The summed E-state index contributed by atoms with van der Waals surface area (Å²) >= 11 is 6.09. The predicted molar refractivity (Wildman–Crippen MR) is 82.0 cm³/mol. The zero-order valence-corrected chi connectivity index (χ0v) is 12.3. The molecule has 0 fully saturated rings. The van der Waals surface area contributed by atoms with Gasteiger partial charge in [0.25, 0.3) is 5.56 Å². The summed E-state index contributed by atoms with van der Waals surface area (Å²) in [5, 5.41) is 0.396. The fourth-order valence-electron chi connectivity index (χ4n) is 2.53. The molecular weight excluding hydrogens is 291 g/mol. The lowest BCUT2D eigenvalue weighted by Crippen LogP contribution is -2.24. The molecule has 1 aromatic carbocycles.